The maximum atomic E-state index is 12.7. The van der Waals surface area contributed by atoms with E-state index < -0.39 is 0 Å². The Bertz CT molecular complexity index is 788. The summed E-state index contributed by atoms with van der Waals surface area (Å²) in [6, 6.07) is 12.4. The molecule has 1 aromatic heterocycles. The lowest BCUT2D eigenvalue weighted by molar-refractivity contribution is -0.117. The number of nitrogens with two attached hydrogens (primary N) is 1. The third kappa shape index (κ3) is 6.19. The fourth-order valence-electron chi connectivity index (χ4n) is 3.89. The van der Waals surface area contributed by atoms with Crippen LogP contribution in [0.3, 0.4) is 0 Å². The molecule has 3 N–H and O–H groups in total. The lowest BCUT2D eigenvalue weighted by Crippen LogP contribution is -2.34. The third-order valence-corrected chi connectivity index (χ3v) is 5.15. The molecule has 1 aromatic carbocycles. The van der Waals surface area contributed by atoms with Crippen LogP contribution in [0.2, 0.25) is 0 Å². The number of nitrogens with one attached hydrogen (secondary N) is 1. The Labute approximate surface area is 186 Å². The van der Waals surface area contributed by atoms with Gasteiger partial charge < -0.3 is 11.1 Å². The van der Waals surface area contributed by atoms with Gasteiger partial charge in [0.1, 0.15) is 5.82 Å². The number of benzene rings is 1. The number of nitrogens with zero attached hydrogens (tertiary/aromatic N) is 3. The summed E-state index contributed by atoms with van der Waals surface area (Å²) < 4.78 is 1.87. The number of amides is 1. The number of anilines is 1. The molecule has 0 radical (unpaired) electrons. The average molecular weight is 442 g/mol. The van der Waals surface area contributed by atoms with Gasteiger partial charge in [-0.1, -0.05) is 30.3 Å². The van der Waals surface area contributed by atoms with Gasteiger partial charge >= 0.3 is 0 Å². The zero-order chi connectivity index (χ0) is 19.6. The normalized spacial score (nSPS) is 19.3. The van der Waals surface area contributed by atoms with Crippen molar-refractivity contribution < 1.29 is 4.79 Å². The second kappa shape index (κ2) is 10.4. The molecule has 1 amide bonds. The number of aryl methyl sites for hydroxylation is 1. The molecule has 8 heteroatoms. The van der Waals surface area contributed by atoms with Crippen LogP contribution in [0.4, 0.5) is 5.82 Å². The largest absolute Gasteiger partial charge is 0.330 e. The Hall–Kier alpha value is -1.60. The van der Waals surface area contributed by atoms with Crippen LogP contribution < -0.4 is 11.1 Å². The molecule has 0 bridgehead atoms. The maximum absolute atomic E-state index is 12.7. The van der Waals surface area contributed by atoms with Gasteiger partial charge in [-0.3, -0.25) is 9.69 Å². The van der Waals surface area contributed by atoms with E-state index in [1.165, 1.54) is 5.56 Å². The first kappa shape index (κ1) is 25.4. The smallest absolute Gasteiger partial charge is 0.239 e. The van der Waals surface area contributed by atoms with Gasteiger partial charge in [0.25, 0.3) is 0 Å². The van der Waals surface area contributed by atoms with E-state index in [0.29, 0.717) is 24.9 Å². The molecule has 0 spiro atoms. The van der Waals surface area contributed by atoms with Crippen LogP contribution >= 0.6 is 24.8 Å². The molecular weight excluding hydrogens is 409 g/mol. The van der Waals surface area contributed by atoms with Crippen molar-refractivity contribution in [2.45, 2.75) is 39.2 Å². The minimum Gasteiger partial charge on any atom is -0.330 e. The Kier molecular flexibility index (Phi) is 9.15. The van der Waals surface area contributed by atoms with Crippen LogP contribution in [0.15, 0.2) is 36.4 Å². The molecule has 2 atom stereocenters. The number of aromatic nitrogens is 2. The van der Waals surface area contributed by atoms with Crippen LogP contribution in [0.1, 0.15) is 37.9 Å². The van der Waals surface area contributed by atoms with Crippen molar-refractivity contribution in [1.29, 1.82) is 0 Å². The number of hydrogen-bond donors (Lipinski definition) is 2. The monoisotopic (exact) mass is 441 g/mol. The lowest BCUT2D eigenvalue weighted by Gasteiger charge is -2.23. The van der Waals surface area contributed by atoms with E-state index in [9.17, 15) is 4.79 Å². The Morgan fingerprint density at radius 1 is 1.21 bits per heavy atom. The van der Waals surface area contributed by atoms with Gasteiger partial charge in [0.05, 0.1) is 17.8 Å². The molecule has 1 aliphatic rings. The minimum atomic E-state index is -0.187. The van der Waals surface area contributed by atoms with E-state index in [2.05, 4.69) is 60.4 Å². The molecule has 29 heavy (non-hydrogen) atoms. The fraction of sp³-hybridized carbons (Fsp3) is 0.524. The molecule has 0 saturated carbocycles. The number of halogens is 2. The summed E-state index contributed by atoms with van der Waals surface area (Å²) in [7, 11) is 0. The molecule has 0 aliphatic carbocycles. The molecule has 3 rings (SSSR count). The Morgan fingerprint density at radius 3 is 2.45 bits per heavy atom. The molecule has 0 unspecified atom stereocenters. The van der Waals surface area contributed by atoms with Gasteiger partial charge in [-0.05, 0) is 45.7 Å². The predicted molar refractivity (Wildman–Crippen MR) is 123 cm³/mol. The first-order valence-corrected chi connectivity index (χ1v) is 9.62. The van der Waals surface area contributed by atoms with Gasteiger partial charge in [0.15, 0.2) is 0 Å². The van der Waals surface area contributed by atoms with Crippen molar-refractivity contribution in [2.75, 3.05) is 31.5 Å². The van der Waals surface area contributed by atoms with Crippen LogP contribution in [-0.4, -0.2) is 46.8 Å². The summed E-state index contributed by atoms with van der Waals surface area (Å²) in [4.78, 5) is 14.9. The number of rotatable bonds is 5. The first-order valence-electron chi connectivity index (χ1n) is 9.62. The number of carbonyl (C=O) groups excluding carboxylic acids is 1. The van der Waals surface area contributed by atoms with Crippen LogP contribution in [-0.2, 0) is 10.3 Å². The SMILES string of the molecule is Cc1cc(NC(=O)CN2C[C@@H](CN)[C@H](c3ccccc3)C2)n(C(C)(C)C)n1.Cl.Cl. The predicted octanol–water partition coefficient (Wildman–Crippen LogP) is 3.40. The minimum absolute atomic E-state index is 0. The first-order chi connectivity index (χ1) is 12.8. The van der Waals surface area contributed by atoms with Gasteiger partial charge in [0.2, 0.25) is 5.91 Å². The van der Waals surface area contributed by atoms with Gasteiger partial charge in [-0.2, -0.15) is 5.10 Å². The zero-order valence-corrected chi connectivity index (χ0v) is 19.2. The summed E-state index contributed by atoms with van der Waals surface area (Å²) in [6.07, 6.45) is 0. The van der Waals surface area contributed by atoms with Crippen molar-refractivity contribution in [3.05, 3.63) is 47.7 Å². The number of carbonyl (C=O) groups is 1. The van der Waals surface area contributed by atoms with Crippen molar-refractivity contribution in [3.63, 3.8) is 0 Å². The molecule has 2 aromatic rings. The molecular formula is C21H33Cl2N5O. The van der Waals surface area contributed by atoms with Crippen molar-refractivity contribution in [3.8, 4) is 0 Å². The Balaban J connectivity index is 0.00000210. The summed E-state index contributed by atoms with van der Waals surface area (Å²) in [5, 5.41) is 7.56. The van der Waals surface area contributed by atoms with Crippen LogP contribution in [0.5, 0.6) is 0 Å². The second-order valence-electron chi connectivity index (χ2n) is 8.51. The molecule has 2 heterocycles. The molecule has 1 aliphatic heterocycles. The van der Waals surface area contributed by atoms with Gasteiger partial charge in [-0.25, -0.2) is 4.68 Å². The standard InChI is InChI=1S/C21H31N5O.2ClH/c1-15-10-19(26(24-15)21(2,3)4)23-20(27)14-25-12-17(11-22)18(13-25)16-8-6-5-7-9-16;;/h5-10,17-18H,11-14,22H2,1-4H3,(H,23,27);2*1H/t17-,18+;;/m1../s1. The number of hydrogen-bond acceptors (Lipinski definition) is 4. The lowest BCUT2D eigenvalue weighted by atomic mass is 9.89. The summed E-state index contributed by atoms with van der Waals surface area (Å²) in [6.45, 7) is 10.9. The van der Waals surface area contributed by atoms with E-state index in [4.69, 9.17) is 5.73 Å². The molecule has 162 valence electrons. The van der Waals surface area contributed by atoms with E-state index >= 15 is 0 Å². The second-order valence-corrected chi connectivity index (χ2v) is 8.51. The van der Waals surface area contributed by atoms with Crippen molar-refractivity contribution in [1.82, 2.24) is 14.7 Å². The van der Waals surface area contributed by atoms with E-state index in [-0.39, 0.29) is 36.3 Å². The summed E-state index contributed by atoms with van der Waals surface area (Å²) in [5.74, 6) is 1.50. The highest BCUT2D eigenvalue weighted by Crippen LogP contribution is 2.31. The van der Waals surface area contributed by atoms with Crippen LogP contribution in [0.25, 0.3) is 0 Å². The highest BCUT2D eigenvalue weighted by atomic mass is 35.5. The molecule has 1 saturated heterocycles. The summed E-state index contributed by atoms with van der Waals surface area (Å²) >= 11 is 0. The zero-order valence-electron chi connectivity index (χ0n) is 17.6. The van der Waals surface area contributed by atoms with Gasteiger partial charge in [-0.15, -0.1) is 24.8 Å². The van der Waals surface area contributed by atoms with E-state index in [0.717, 1.165) is 24.6 Å². The quantitative estimate of drug-likeness (QED) is 0.744. The third-order valence-electron chi connectivity index (χ3n) is 5.15. The van der Waals surface area contributed by atoms with Crippen molar-refractivity contribution in [2.24, 2.45) is 11.7 Å². The highest BCUT2D eigenvalue weighted by Gasteiger charge is 2.33. The topological polar surface area (TPSA) is 76.2 Å². The highest BCUT2D eigenvalue weighted by molar-refractivity contribution is 5.91. The molecule has 6 nitrogen and oxygen atoms in total. The average Bonchev–Trinajstić information content (AvgIpc) is 3.18. The Morgan fingerprint density at radius 2 is 1.86 bits per heavy atom. The number of likely N-dealkylation sites (tertiary alicyclic amines) is 1. The van der Waals surface area contributed by atoms with E-state index in [1.807, 2.05) is 23.7 Å². The summed E-state index contributed by atoms with van der Waals surface area (Å²) in [5.41, 5.74) is 8.02. The maximum Gasteiger partial charge on any atom is 0.239 e. The fourth-order valence-corrected chi connectivity index (χ4v) is 3.89. The van der Waals surface area contributed by atoms with Crippen LogP contribution in [0, 0.1) is 12.8 Å². The molecule has 1 fully saturated rings. The van der Waals surface area contributed by atoms with Crippen molar-refractivity contribution >= 4 is 36.5 Å². The van der Waals surface area contributed by atoms with E-state index in [1.54, 1.807) is 0 Å². The van der Waals surface area contributed by atoms with Gasteiger partial charge in [0, 0.05) is 25.1 Å².